The van der Waals surface area contributed by atoms with E-state index in [1.54, 1.807) is 13.8 Å². The summed E-state index contributed by atoms with van der Waals surface area (Å²) in [6.45, 7) is 3.58. The van der Waals surface area contributed by atoms with Gasteiger partial charge in [0.2, 0.25) is 6.79 Å². The monoisotopic (exact) mass is 646 g/mol. The van der Waals surface area contributed by atoms with Crippen LogP contribution < -0.4 is 9.47 Å². The van der Waals surface area contributed by atoms with Crippen molar-refractivity contribution in [3.05, 3.63) is 72.9 Å². The minimum Gasteiger partial charge on any atom is -0.454 e. The van der Waals surface area contributed by atoms with Crippen LogP contribution in [0.25, 0.3) is 43.8 Å². The van der Waals surface area contributed by atoms with Gasteiger partial charge in [0, 0.05) is 37.4 Å². The summed E-state index contributed by atoms with van der Waals surface area (Å²) in [5.41, 5.74) is 3.51. The molecule has 6 nitrogen and oxygen atoms in total. The van der Waals surface area contributed by atoms with E-state index in [1.165, 1.54) is 0 Å². The van der Waals surface area contributed by atoms with Gasteiger partial charge in [0.1, 0.15) is 0 Å². The average Bonchev–Trinajstić information content (AvgIpc) is 3.31. The van der Waals surface area contributed by atoms with E-state index in [1.807, 2.05) is 42.6 Å². The summed E-state index contributed by atoms with van der Waals surface area (Å²) in [5, 5.41) is 21.5. The molecule has 2 atom stereocenters. The molecule has 2 heterocycles. The molecule has 1 aliphatic rings. The van der Waals surface area contributed by atoms with Crippen molar-refractivity contribution in [2.45, 2.75) is 32.5 Å². The van der Waals surface area contributed by atoms with Crippen LogP contribution in [0.4, 0.5) is 0 Å². The van der Waals surface area contributed by atoms with E-state index in [4.69, 9.17) is 29.7 Å². The number of aromatic nitrogens is 2. The molecule has 2 N–H and O–H groups in total. The molecule has 0 saturated carbocycles. The second-order valence-electron chi connectivity index (χ2n) is 8.46. The SMILES string of the molecule is CC(O)CC(C)O.[Ir].[c-]1cccc2c1c1ncc(-c3ccc4c(c3)OCO4)nc1c1ccccc21. The Kier molecular flexibility index (Phi) is 7.63. The number of fused-ring (bicyclic) bond motifs is 7. The van der Waals surface area contributed by atoms with Crippen LogP contribution in [0.15, 0.2) is 66.9 Å². The smallest absolute Gasteiger partial charge is 0.231 e. The van der Waals surface area contributed by atoms with Crippen LogP contribution in [0.1, 0.15) is 20.3 Å². The Balaban J connectivity index is 0.000000320. The maximum Gasteiger partial charge on any atom is 0.231 e. The quantitative estimate of drug-likeness (QED) is 0.206. The maximum atomic E-state index is 8.56. The molecule has 6 rings (SSSR count). The first kappa shape index (κ1) is 25.0. The first-order valence-corrected chi connectivity index (χ1v) is 11.3. The Hall–Kier alpha value is -3.09. The molecule has 35 heavy (non-hydrogen) atoms. The van der Waals surface area contributed by atoms with E-state index in [9.17, 15) is 0 Å². The molecule has 1 aromatic heterocycles. The van der Waals surface area contributed by atoms with E-state index in [0.717, 1.165) is 55.3 Å². The van der Waals surface area contributed by atoms with Crippen molar-refractivity contribution in [1.82, 2.24) is 9.97 Å². The van der Waals surface area contributed by atoms with Crippen LogP contribution in [-0.4, -0.2) is 39.2 Å². The molecular weight excluding hydrogens is 621 g/mol. The molecule has 181 valence electrons. The van der Waals surface area contributed by atoms with E-state index in [2.05, 4.69) is 30.3 Å². The summed E-state index contributed by atoms with van der Waals surface area (Å²) in [7, 11) is 0. The van der Waals surface area contributed by atoms with Gasteiger partial charge >= 0.3 is 0 Å². The van der Waals surface area contributed by atoms with Crippen LogP contribution >= 0.6 is 0 Å². The first-order chi connectivity index (χ1) is 16.5. The topological polar surface area (TPSA) is 84.7 Å². The average molecular weight is 646 g/mol. The summed E-state index contributed by atoms with van der Waals surface area (Å²) < 4.78 is 10.9. The summed E-state index contributed by atoms with van der Waals surface area (Å²) in [4.78, 5) is 9.73. The predicted molar refractivity (Wildman–Crippen MR) is 133 cm³/mol. The fraction of sp³-hybridized carbons (Fsp3) is 0.214. The largest absolute Gasteiger partial charge is 0.454 e. The fourth-order valence-corrected chi connectivity index (χ4v) is 4.23. The Bertz CT molecular complexity index is 1450. The summed E-state index contributed by atoms with van der Waals surface area (Å²) in [5.74, 6) is 1.50. The van der Waals surface area contributed by atoms with Crippen LogP contribution in [0.2, 0.25) is 0 Å². The minimum absolute atomic E-state index is 0. The number of hydrogen-bond donors (Lipinski definition) is 2. The van der Waals surface area contributed by atoms with Crippen LogP contribution in [0, 0.1) is 6.07 Å². The molecule has 1 radical (unpaired) electrons. The fourth-order valence-electron chi connectivity index (χ4n) is 4.23. The zero-order valence-corrected chi connectivity index (χ0v) is 21.8. The molecule has 0 saturated heterocycles. The number of aliphatic hydroxyl groups excluding tert-OH is 2. The van der Waals surface area contributed by atoms with Gasteiger partial charge in [0.15, 0.2) is 11.5 Å². The second kappa shape index (κ2) is 10.7. The number of rotatable bonds is 3. The van der Waals surface area contributed by atoms with Gasteiger partial charge in [-0.1, -0.05) is 35.0 Å². The van der Waals surface area contributed by atoms with Crippen molar-refractivity contribution in [2.24, 2.45) is 0 Å². The third kappa shape index (κ3) is 5.14. The van der Waals surface area contributed by atoms with Crippen LogP contribution in [-0.2, 0) is 20.1 Å². The molecule has 0 bridgehead atoms. The van der Waals surface area contributed by atoms with E-state index in [0.29, 0.717) is 6.42 Å². The van der Waals surface area contributed by atoms with E-state index < -0.39 is 0 Å². The third-order valence-electron chi connectivity index (χ3n) is 5.69. The van der Waals surface area contributed by atoms with Gasteiger partial charge in [-0.25, -0.2) is 0 Å². The number of benzene rings is 4. The predicted octanol–water partition coefficient (Wildman–Crippen LogP) is 5.27. The maximum absolute atomic E-state index is 8.56. The first-order valence-electron chi connectivity index (χ1n) is 11.3. The molecule has 1 aliphatic heterocycles. The summed E-state index contributed by atoms with van der Waals surface area (Å²) in [6.07, 6.45) is 1.54. The van der Waals surface area contributed by atoms with Gasteiger partial charge in [0.05, 0.1) is 23.4 Å². The normalized spacial score (nSPS) is 13.7. The molecule has 0 fully saturated rings. The number of aliphatic hydroxyl groups is 2. The minimum atomic E-state index is -0.375. The molecule has 5 aromatic rings. The summed E-state index contributed by atoms with van der Waals surface area (Å²) >= 11 is 0. The zero-order valence-electron chi connectivity index (χ0n) is 19.4. The molecule has 0 amide bonds. The Morgan fingerprint density at radius 3 is 2.34 bits per heavy atom. The Morgan fingerprint density at radius 1 is 0.886 bits per heavy atom. The van der Waals surface area contributed by atoms with Gasteiger partial charge in [-0.3, -0.25) is 4.98 Å². The second-order valence-corrected chi connectivity index (χ2v) is 8.46. The van der Waals surface area contributed by atoms with Gasteiger partial charge in [-0.05, 0) is 43.9 Å². The molecular formula is C28H25IrN2O4-. The van der Waals surface area contributed by atoms with Gasteiger partial charge < -0.3 is 24.7 Å². The molecule has 2 unspecified atom stereocenters. The van der Waals surface area contributed by atoms with Crippen LogP contribution in [0.3, 0.4) is 0 Å². The number of nitrogens with zero attached hydrogens (tertiary/aromatic N) is 2. The molecule has 0 spiro atoms. The number of hydrogen-bond acceptors (Lipinski definition) is 6. The molecule has 7 heteroatoms. The third-order valence-corrected chi connectivity index (χ3v) is 5.69. The van der Waals surface area contributed by atoms with E-state index in [-0.39, 0.29) is 39.1 Å². The van der Waals surface area contributed by atoms with E-state index >= 15 is 0 Å². The Labute approximate surface area is 216 Å². The van der Waals surface area contributed by atoms with Crippen molar-refractivity contribution in [3.63, 3.8) is 0 Å². The van der Waals surface area contributed by atoms with Gasteiger partial charge in [-0.2, -0.15) is 0 Å². The molecule has 4 aromatic carbocycles. The number of ether oxygens (including phenoxy) is 2. The van der Waals surface area contributed by atoms with Crippen molar-refractivity contribution in [3.8, 4) is 22.8 Å². The molecule has 0 aliphatic carbocycles. The van der Waals surface area contributed by atoms with Gasteiger partial charge in [-0.15, -0.1) is 29.7 Å². The summed E-state index contributed by atoms with van der Waals surface area (Å²) in [6, 6.07) is 23.5. The standard InChI is InChI=1S/C23H13N2O2.C5H12O2.Ir/c1-3-7-17-15(5-1)16-6-2-4-8-18(16)23-22(17)24-12-19(25-23)14-9-10-20-21(11-14)27-13-26-20;1-4(6)3-5(2)7;/h1-6,8-12H,13H2;4-7H,3H2,1-2H3;/q-1;;. The van der Waals surface area contributed by atoms with Crippen molar-refractivity contribution < 1.29 is 39.8 Å². The Morgan fingerprint density at radius 2 is 1.60 bits per heavy atom. The van der Waals surface area contributed by atoms with Crippen molar-refractivity contribution in [2.75, 3.05) is 6.79 Å². The van der Waals surface area contributed by atoms with Crippen molar-refractivity contribution >= 4 is 32.6 Å². The van der Waals surface area contributed by atoms with Gasteiger partial charge in [0.25, 0.3) is 0 Å². The van der Waals surface area contributed by atoms with Crippen LogP contribution in [0.5, 0.6) is 11.5 Å². The zero-order chi connectivity index (χ0) is 23.7. The van der Waals surface area contributed by atoms with Crippen molar-refractivity contribution in [1.29, 1.82) is 0 Å².